The maximum atomic E-state index is 4.14. The van der Waals surface area contributed by atoms with E-state index in [0.29, 0.717) is 0 Å². The highest BCUT2D eigenvalue weighted by Gasteiger charge is 2.06. The summed E-state index contributed by atoms with van der Waals surface area (Å²) in [7, 11) is 0. The first kappa shape index (κ1) is 6.28. The fourth-order valence-electron chi connectivity index (χ4n) is 1.13. The minimum absolute atomic E-state index is 1.01. The molecule has 0 bridgehead atoms. The molecule has 1 aromatic rings. The summed E-state index contributed by atoms with van der Waals surface area (Å²) in [5.41, 5.74) is 2.24. The summed E-state index contributed by atoms with van der Waals surface area (Å²) in [5, 5.41) is 2.07. The number of nitrogens with one attached hydrogen (secondary N) is 1. The molecule has 0 aromatic heterocycles. The smallest absolute Gasteiger partial charge is 0.240 e. The van der Waals surface area contributed by atoms with E-state index in [0.717, 1.165) is 16.3 Å². The average molecular weight is 145 g/mol. The Bertz CT molecular complexity index is 430. The number of nitrogens with zero attached hydrogens (tertiary/aromatic N) is 1. The first-order valence-electron chi connectivity index (χ1n) is 3.53. The normalized spacial score (nSPS) is 12.8. The van der Waals surface area contributed by atoms with Gasteiger partial charge in [0.1, 0.15) is 0 Å². The zero-order valence-electron chi connectivity index (χ0n) is 6.39. The minimum Gasteiger partial charge on any atom is -0.240 e. The van der Waals surface area contributed by atoms with Crippen molar-refractivity contribution in [3.8, 4) is 0 Å². The van der Waals surface area contributed by atoms with E-state index in [2.05, 4.69) is 16.6 Å². The van der Waals surface area contributed by atoms with Crippen LogP contribution in [-0.2, 0) is 0 Å². The molecular weight excluding hydrogens is 136 g/mol. The molecule has 1 heterocycles. The monoisotopic (exact) mass is 145 g/mol. The number of benzene rings is 1. The van der Waals surface area contributed by atoms with Gasteiger partial charge in [-0.05, 0) is 34.8 Å². The molecule has 54 valence electrons. The topological polar surface area (TPSA) is 26.3 Å². The van der Waals surface area contributed by atoms with Crippen molar-refractivity contribution in [3.05, 3.63) is 28.3 Å². The first-order chi connectivity index (χ1) is 5.27. The SMILES string of the molecule is C=c1cc2c(cc1C)=NC=[NH+]2. The summed E-state index contributed by atoms with van der Waals surface area (Å²) in [6.07, 6.45) is 1.70. The van der Waals surface area contributed by atoms with Crippen LogP contribution in [0, 0.1) is 6.92 Å². The fourth-order valence-corrected chi connectivity index (χ4v) is 1.13. The number of hydrogen-bond donors (Lipinski definition) is 1. The van der Waals surface area contributed by atoms with Crippen LogP contribution < -0.4 is 15.6 Å². The molecule has 0 saturated carbocycles. The predicted octanol–water partition coefficient (Wildman–Crippen LogP) is -1.22. The zero-order valence-corrected chi connectivity index (χ0v) is 6.39. The van der Waals surface area contributed by atoms with Gasteiger partial charge in [0.05, 0.1) is 0 Å². The third-order valence-corrected chi connectivity index (χ3v) is 1.88. The van der Waals surface area contributed by atoms with Crippen LogP contribution in [0.2, 0.25) is 0 Å². The van der Waals surface area contributed by atoms with Gasteiger partial charge in [0.15, 0.2) is 5.69 Å². The van der Waals surface area contributed by atoms with Crippen molar-refractivity contribution in [2.24, 2.45) is 4.99 Å². The summed E-state index contributed by atoms with van der Waals surface area (Å²) in [5.74, 6) is 0. The van der Waals surface area contributed by atoms with E-state index < -0.39 is 0 Å². The Kier molecular flexibility index (Phi) is 1.15. The zero-order chi connectivity index (χ0) is 7.84. The summed E-state index contributed by atoms with van der Waals surface area (Å²) < 4.78 is 0. The lowest BCUT2D eigenvalue weighted by molar-refractivity contribution is -0.345. The second-order valence-corrected chi connectivity index (χ2v) is 2.70. The molecule has 11 heavy (non-hydrogen) atoms. The molecule has 0 spiro atoms. The molecular formula is C9H9N2+. The van der Waals surface area contributed by atoms with Crippen molar-refractivity contribution in [1.29, 1.82) is 0 Å². The lowest BCUT2D eigenvalue weighted by atomic mass is 10.2. The minimum atomic E-state index is 1.01. The van der Waals surface area contributed by atoms with Gasteiger partial charge in [0.25, 0.3) is 6.34 Å². The summed E-state index contributed by atoms with van der Waals surface area (Å²) >= 11 is 0. The molecule has 0 radical (unpaired) electrons. The Morgan fingerprint density at radius 3 is 3.09 bits per heavy atom. The maximum absolute atomic E-state index is 4.14. The van der Waals surface area contributed by atoms with E-state index in [4.69, 9.17) is 0 Å². The molecule has 0 fully saturated rings. The molecule has 1 aromatic carbocycles. The summed E-state index contributed by atoms with van der Waals surface area (Å²) in [4.78, 5) is 7.17. The van der Waals surface area contributed by atoms with Crippen LogP contribution in [0.3, 0.4) is 0 Å². The van der Waals surface area contributed by atoms with E-state index in [1.165, 1.54) is 5.56 Å². The predicted molar refractivity (Wildman–Crippen MR) is 44.2 cm³/mol. The Hall–Kier alpha value is -1.44. The summed E-state index contributed by atoms with van der Waals surface area (Å²) in [6.45, 7) is 5.94. The third kappa shape index (κ3) is 0.871. The van der Waals surface area contributed by atoms with Crippen molar-refractivity contribution in [2.75, 3.05) is 0 Å². The van der Waals surface area contributed by atoms with Crippen LogP contribution >= 0.6 is 0 Å². The van der Waals surface area contributed by atoms with Gasteiger partial charge >= 0.3 is 0 Å². The van der Waals surface area contributed by atoms with E-state index in [1.807, 2.05) is 19.1 Å². The Balaban J connectivity index is 2.89. The number of hydrogen-bond acceptors (Lipinski definition) is 1. The van der Waals surface area contributed by atoms with Crippen LogP contribution in [0.25, 0.3) is 6.58 Å². The van der Waals surface area contributed by atoms with Crippen molar-refractivity contribution in [2.45, 2.75) is 6.92 Å². The standard InChI is InChI=1S/C9H8N2/c1-6-3-8-9(4-7(6)2)11-5-10-8/h3-5H,1H2,2H3/p+1. The highest BCUT2D eigenvalue weighted by Crippen LogP contribution is 1.89. The molecule has 0 atom stereocenters. The van der Waals surface area contributed by atoms with Gasteiger partial charge in [-0.2, -0.15) is 0 Å². The largest absolute Gasteiger partial charge is 0.285 e. The van der Waals surface area contributed by atoms with Gasteiger partial charge < -0.3 is 0 Å². The third-order valence-electron chi connectivity index (χ3n) is 1.88. The Morgan fingerprint density at radius 1 is 1.45 bits per heavy atom. The lowest BCUT2D eigenvalue weighted by Gasteiger charge is -1.89. The molecule has 1 N–H and O–H groups in total. The van der Waals surface area contributed by atoms with Crippen molar-refractivity contribution < 1.29 is 4.99 Å². The van der Waals surface area contributed by atoms with Gasteiger partial charge in [0, 0.05) is 0 Å². The number of fused-ring (bicyclic) bond motifs is 1. The number of aryl methyl sites for hydroxylation is 1. The second-order valence-electron chi connectivity index (χ2n) is 2.70. The molecule has 2 heteroatoms. The maximum Gasteiger partial charge on any atom is 0.285 e. The molecule has 2 nitrogen and oxygen atoms in total. The van der Waals surface area contributed by atoms with Gasteiger partial charge in [-0.1, -0.05) is 6.58 Å². The Labute approximate surface area is 64.6 Å². The van der Waals surface area contributed by atoms with Gasteiger partial charge in [0.2, 0.25) is 5.36 Å². The molecule has 1 aliphatic rings. The van der Waals surface area contributed by atoms with Crippen molar-refractivity contribution in [3.63, 3.8) is 0 Å². The van der Waals surface area contributed by atoms with Crippen LogP contribution in [0.5, 0.6) is 0 Å². The molecule has 0 amide bonds. The van der Waals surface area contributed by atoms with Crippen LogP contribution in [0.15, 0.2) is 17.1 Å². The van der Waals surface area contributed by atoms with Crippen LogP contribution in [-0.4, -0.2) is 6.34 Å². The van der Waals surface area contributed by atoms with E-state index in [-0.39, 0.29) is 0 Å². The fraction of sp³-hybridized carbons (Fsp3) is 0.111. The first-order valence-corrected chi connectivity index (χ1v) is 3.53. The molecule has 0 unspecified atom stereocenters. The molecule has 0 aliphatic carbocycles. The molecule has 0 saturated heterocycles. The number of rotatable bonds is 0. The van der Waals surface area contributed by atoms with E-state index in [9.17, 15) is 0 Å². The van der Waals surface area contributed by atoms with E-state index in [1.54, 1.807) is 6.34 Å². The summed E-state index contributed by atoms with van der Waals surface area (Å²) in [6, 6.07) is 4.05. The average Bonchev–Trinajstić information content (AvgIpc) is 2.36. The van der Waals surface area contributed by atoms with Crippen LogP contribution in [0.1, 0.15) is 5.56 Å². The highest BCUT2D eigenvalue weighted by molar-refractivity contribution is 5.55. The second kappa shape index (κ2) is 2.02. The van der Waals surface area contributed by atoms with Gasteiger partial charge in [-0.3, -0.25) is 0 Å². The molecule has 1 aliphatic heterocycles. The van der Waals surface area contributed by atoms with Crippen LogP contribution in [0.4, 0.5) is 5.69 Å². The van der Waals surface area contributed by atoms with Gasteiger partial charge in [-0.15, -0.1) is 0 Å². The van der Waals surface area contributed by atoms with Gasteiger partial charge in [-0.25, -0.2) is 4.99 Å². The van der Waals surface area contributed by atoms with E-state index >= 15 is 0 Å². The highest BCUT2D eigenvalue weighted by atomic mass is 14.9. The lowest BCUT2D eigenvalue weighted by Crippen LogP contribution is -2.61. The van der Waals surface area contributed by atoms with Crippen molar-refractivity contribution >= 4 is 18.6 Å². The quantitative estimate of drug-likeness (QED) is 0.473. The Morgan fingerprint density at radius 2 is 2.27 bits per heavy atom. The molecule has 2 rings (SSSR count). The van der Waals surface area contributed by atoms with Crippen molar-refractivity contribution in [1.82, 2.24) is 0 Å².